The summed E-state index contributed by atoms with van der Waals surface area (Å²) in [6.45, 7) is 2.50. The second-order valence-electron chi connectivity index (χ2n) is 5.46. The molecule has 0 N–H and O–H groups in total. The van der Waals surface area contributed by atoms with Crippen molar-refractivity contribution in [2.75, 3.05) is 6.61 Å². The van der Waals surface area contributed by atoms with Crippen molar-refractivity contribution in [2.24, 2.45) is 0 Å². The molecule has 0 atom stereocenters. The standard InChI is InChI=1S/C17H17BrN2O3/c1-2-23-17(22)16-13-4-3-5-14(21)15(13)19-20(16)10-11-6-8-12(18)9-7-11/h6-9H,2-5,10H2,1H3. The number of aromatic nitrogens is 2. The van der Waals surface area contributed by atoms with Gasteiger partial charge in [-0.15, -0.1) is 0 Å². The van der Waals surface area contributed by atoms with E-state index >= 15 is 0 Å². The molecule has 2 aromatic rings. The molecule has 1 aromatic heterocycles. The summed E-state index contributed by atoms with van der Waals surface area (Å²) in [5.41, 5.74) is 2.58. The minimum atomic E-state index is -0.409. The van der Waals surface area contributed by atoms with Crippen LogP contribution in [0.2, 0.25) is 0 Å². The number of hydrogen-bond acceptors (Lipinski definition) is 4. The highest BCUT2D eigenvalue weighted by Crippen LogP contribution is 2.25. The molecule has 120 valence electrons. The summed E-state index contributed by atoms with van der Waals surface area (Å²) in [4.78, 5) is 24.4. The fourth-order valence-corrected chi connectivity index (χ4v) is 3.07. The molecule has 0 bridgehead atoms. The maximum Gasteiger partial charge on any atom is 0.356 e. The molecule has 0 spiro atoms. The maximum atomic E-state index is 12.3. The summed E-state index contributed by atoms with van der Waals surface area (Å²) in [7, 11) is 0. The first-order chi connectivity index (χ1) is 11.1. The van der Waals surface area contributed by atoms with Crippen molar-refractivity contribution in [1.82, 2.24) is 9.78 Å². The molecule has 5 nitrogen and oxygen atoms in total. The van der Waals surface area contributed by atoms with E-state index in [0.29, 0.717) is 37.4 Å². The van der Waals surface area contributed by atoms with E-state index in [0.717, 1.165) is 22.0 Å². The van der Waals surface area contributed by atoms with Crippen LogP contribution in [0.3, 0.4) is 0 Å². The molecule has 23 heavy (non-hydrogen) atoms. The molecule has 0 radical (unpaired) electrons. The van der Waals surface area contributed by atoms with Gasteiger partial charge in [0.2, 0.25) is 0 Å². The quantitative estimate of drug-likeness (QED) is 0.767. The highest BCUT2D eigenvalue weighted by Gasteiger charge is 2.30. The second-order valence-corrected chi connectivity index (χ2v) is 6.37. The number of benzene rings is 1. The monoisotopic (exact) mass is 376 g/mol. The van der Waals surface area contributed by atoms with Gasteiger partial charge in [0.25, 0.3) is 0 Å². The Kier molecular flexibility index (Phi) is 4.61. The second kappa shape index (κ2) is 6.66. The molecule has 0 saturated heterocycles. The zero-order chi connectivity index (χ0) is 16.4. The smallest absolute Gasteiger partial charge is 0.356 e. The van der Waals surface area contributed by atoms with Crippen molar-refractivity contribution in [3.63, 3.8) is 0 Å². The molecule has 0 unspecified atom stereocenters. The Morgan fingerprint density at radius 2 is 2.04 bits per heavy atom. The number of ether oxygens (including phenoxy) is 1. The van der Waals surface area contributed by atoms with Gasteiger partial charge in [0.15, 0.2) is 11.5 Å². The predicted molar refractivity (Wildman–Crippen MR) is 88.7 cm³/mol. The highest BCUT2D eigenvalue weighted by molar-refractivity contribution is 9.10. The molecule has 1 aliphatic rings. The Hall–Kier alpha value is -1.95. The van der Waals surface area contributed by atoms with Crippen LogP contribution in [0.5, 0.6) is 0 Å². The molecule has 0 fully saturated rings. The first-order valence-electron chi connectivity index (χ1n) is 7.64. The third-order valence-corrected chi connectivity index (χ3v) is 4.39. The summed E-state index contributed by atoms with van der Waals surface area (Å²) in [6.07, 6.45) is 1.93. The SMILES string of the molecule is CCOC(=O)c1c2c(nn1Cc1ccc(Br)cc1)C(=O)CCC2. The lowest BCUT2D eigenvalue weighted by Crippen LogP contribution is -2.16. The number of hydrogen-bond donors (Lipinski definition) is 0. The third-order valence-electron chi connectivity index (χ3n) is 3.86. The molecular weight excluding hydrogens is 360 g/mol. The predicted octanol–water partition coefficient (Wildman–Crippen LogP) is 3.39. The van der Waals surface area contributed by atoms with Crippen molar-refractivity contribution >= 4 is 27.7 Å². The molecule has 6 heteroatoms. The maximum absolute atomic E-state index is 12.3. The number of rotatable bonds is 4. The Bertz CT molecular complexity index is 750. The number of halogens is 1. The number of fused-ring (bicyclic) bond motifs is 1. The molecular formula is C17H17BrN2O3. The highest BCUT2D eigenvalue weighted by atomic mass is 79.9. The minimum Gasteiger partial charge on any atom is -0.461 e. The van der Waals surface area contributed by atoms with E-state index in [2.05, 4.69) is 21.0 Å². The van der Waals surface area contributed by atoms with Gasteiger partial charge >= 0.3 is 5.97 Å². The number of carbonyl (C=O) groups is 2. The van der Waals surface area contributed by atoms with Crippen LogP contribution in [-0.4, -0.2) is 28.1 Å². The Labute approximate surface area is 142 Å². The van der Waals surface area contributed by atoms with Crippen molar-refractivity contribution in [3.8, 4) is 0 Å². The van der Waals surface area contributed by atoms with Crippen molar-refractivity contribution in [1.29, 1.82) is 0 Å². The lowest BCUT2D eigenvalue weighted by atomic mass is 9.95. The van der Waals surface area contributed by atoms with Crippen LogP contribution in [0.25, 0.3) is 0 Å². The van der Waals surface area contributed by atoms with Crippen LogP contribution in [0, 0.1) is 0 Å². The first kappa shape index (κ1) is 15.9. The van der Waals surface area contributed by atoms with Gasteiger partial charge in [0.1, 0.15) is 5.69 Å². The molecule has 3 rings (SSSR count). The zero-order valence-electron chi connectivity index (χ0n) is 12.8. The van der Waals surface area contributed by atoms with Gasteiger partial charge in [-0.1, -0.05) is 28.1 Å². The fourth-order valence-electron chi connectivity index (χ4n) is 2.81. The lowest BCUT2D eigenvalue weighted by molar-refractivity contribution is 0.0511. The molecule has 1 aromatic carbocycles. The first-order valence-corrected chi connectivity index (χ1v) is 8.44. The number of ketones is 1. The minimum absolute atomic E-state index is 0.00588. The summed E-state index contributed by atoms with van der Waals surface area (Å²) >= 11 is 3.40. The van der Waals surface area contributed by atoms with Crippen LogP contribution >= 0.6 is 15.9 Å². The van der Waals surface area contributed by atoms with Crippen LogP contribution in [-0.2, 0) is 17.7 Å². The van der Waals surface area contributed by atoms with Gasteiger partial charge in [-0.2, -0.15) is 5.10 Å². The molecule has 0 aliphatic heterocycles. The molecule has 0 amide bonds. The van der Waals surface area contributed by atoms with Gasteiger partial charge in [-0.05, 0) is 37.5 Å². The number of carbonyl (C=O) groups excluding carboxylic acids is 2. The number of esters is 1. The van der Waals surface area contributed by atoms with E-state index in [4.69, 9.17) is 4.74 Å². The summed E-state index contributed by atoms with van der Waals surface area (Å²) in [5.74, 6) is -0.403. The Morgan fingerprint density at radius 3 is 2.74 bits per heavy atom. The van der Waals surface area contributed by atoms with E-state index in [-0.39, 0.29) is 5.78 Å². The van der Waals surface area contributed by atoms with E-state index in [9.17, 15) is 9.59 Å². The summed E-state index contributed by atoms with van der Waals surface area (Å²) < 4.78 is 7.76. The van der Waals surface area contributed by atoms with E-state index in [1.54, 1.807) is 11.6 Å². The molecule has 1 aliphatic carbocycles. The van der Waals surface area contributed by atoms with Crippen molar-refractivity contribution in [2.45, 2.75) is 32.7 Å². The van der Waals surface area contributed by atoms with Crippen LogP contribution < -0.4 is 0 Å². The summed E-state index contributed by atoms with van der Waals surface area (Å²) in [6, 6.07) is 7.80. The lowest BCUT2D eigenvalue weighted by Gasteiger charge is -2.11. The zero-order valence-corrected chi connectivity index (χ0v) is 14.4. The number of Topliss-reactive ketones (excluding diaryl/α,β-unsaturated/α-hetero) is 1. The molecule has 0 saturated carbocycles. The summed E-state index contributed by atoms with van der Waals surface area (Å²) in [5, 5.41) is 4.41. The topological polar surface area (TPSA) is 61.2 Å². The van der Waals surface area contributed by atoms with Crippen molar-refractivity contribution in [3.05, 3.63) is 51.3 Å². The van der Waals surface area contributed by atoms with Gasteiger partial charge in [0.05, 0.1) is 13.2 Å². The van der Waals surface area contributed by atoms with Crippen LogP contribution in [0.15, 0.2) is 28.7 Å². The van der Waals surface area contributed by atoms with Gasteiger partial charge in [-0.25, -0.2) is 4.79 Å². The average molecular weight is 377 g/mol. The average Bonchev–Trinajstić information content (AvgIpc) is 2.89. The largest absolute Gasteiger partial charge is 0.461 e. The Morgan fingerprint density at radius 1 is 1.30 bits per heavy atom. The van der Waals surface area contributed by atoms with Crippen molar-refractivity contribution < 1.29 is 14.3 Å². The van der Waals surface area contributed by atoms with E-state index in [1.165, 1.54) is 0 Å². The van der Waals surface area contributed by atoms with Gasteiger partial charge in [0, 0.05) is 16.5 Å². The van der Waals surface area contributed by atoms with E-state index < -0.39 is 5.97 Å². The van der Waals surface area contributed by atoms with Gasteiger partial charge < -0.3 is 4.74 Å². The van der Waals surface area contributed by atoms with Crippen LogP contribution in [0.4, 0.5) is 0 Å². The molecule has 1 heterocycles. The van der Waals surface area contributed by atoms with Crippen LogP contribution in [0.1, 0.15) is 51.9 Å². The normalized spacial score (nSPS) is 13.7. The third kappa shape index (κ3) is 3.22. The Balaban J connectivity index is 2.02. The van der Waals surface area contributed by atoms with Gasteiger partial charge in [-0.3, -0.25) is 9.48 Å². The van der Waals surface area contributed by atoms with E-state index in [1.807, 2.05) is 24.3 Å². The fraction of sp³-hybridized carbons (Fsp3) is 0.353. The number of nitrogens with zero attached hydrogens (tertiary/aromatic N) is 2.